The minimum absolute atomic E-state index is 0.270. The highest BCUT2D eigenvalue weighted by molar-refractivity contribution is 6.31. The number of ether oxygens (including phenoxy) is 2. The van der Waals surface area contributed by atoms with Gasteiger partial charge >= 0.3 is 12.1 Å². The summed E-state index contributed by atoms with van der Waals surface area (Å²) in [7, 11) is 1.25. The minimum Gasteiger partial charge on any atom is -0.466 e. The van der Waals surface area contributed by atoms with Crippen LogP contribution < -0.4 is 0 Å². The molecule has 3 rings (SSSR count). The number of carbonyl (C=O) groups excluding carboxylic acids is 1. The van der Waals surface area contributed by atoms with Crippen molar-refractivity contribution in [2.45, 2.75) is 44.1 Å². The first-order valence-electron chi connectivity index (χ1n) is 9.47. The topological polar surface area (TPSA) is 35.5 Å². The summed E-state index contributed by atoms with van der Waals surface area (Å²) in [5.74, 6) is -0.567. The first-order valence-corrected chi connectivity index (χ1v) is 9.84. The van der Waals surface area contributed by atoms with Gasteiger partial charge in [-0.15, -0.1) is 0 Å². The fourth-order valence-electron chi connectivity index (χ4n) is 3.82. The molecule has 1 aliphatic carbocycles. The Bertz CT molecular complexity index is 940. The number of esters is 1. The van der Waals surface area contributed by atoms with Gasteiger partial charge in [-0.2, -0.15) is 13.2 Å². The van der Waals surface area contributed by atoms with E-state index in [1.165, 1.54) is 19.2 Å². The summed E-state index contributed by atoms with van der Waals surface area (Å²) in [5, 5.41) is -0.383. The van der Waals surface area contributed by atoms with Gasteiger partial charge in [-0.3, -0.25) is 0 Å². The van der Waals surface area contributed by atoms with Gasteiger partial charge in [0.1, 0.15) is 0 Å². The SMILES string of the molecule is COC(=O)C1=CCC(OCc2ccccc2)CC1(C)c1ccc(Cl)c(C(F)(F)F)c1. The fourth-order valence-corrected chi connectivity index (χ4v) is 4.04. The number of rotatable bonds is 5. The number of hydrogen-bond acceptors (Lipinski definition) is 3. The summed E-state index contributed by atoms with van der Waals surface area (Å²) in [5.41, 5.74) is -0.298. The van der Waals surface area contributed by atoms with Gasteiger partial charge in [0.2, 0.25) is 0 Å². The highest BCUT2D eigenvalue weighted by Gasteiger charge is 2.43. The molecule has 0 aromatic heterocycles. The largest absolute Gasteiger partial charge is 0.466 e. The molecule has 0 radical (unpaired) electrons. The zero-order chi connectivity index (χ0) is 21.9. The van der Waals surface area contributed by atoms with E-state index < -0.39 is 23.1 Å². The predicted octanol–water partition coefficient (Wildman–Crippen LogP) is 6.10. The van der Waals surface area contributed by atoms with Crippen molar-refractivity contribution in [2.24, 2.45) is 0 Å². The Hall–Kier alpha value is -2.31. The normalized spacial score (nSPS) is 21.8. The van der Waals surface area contributed by atoms with Crippen LogP contribution in [0.2, 0.25) is 5.02 Å². The molecule has 0 amide bonds. The molecular formula is C23H22ClF3O3. The molecule has 2 unspecified atom stereocenters. The Labute approximate surface area is 178 Å². The first-order chi connectivity index (χ1) is 14.1. The van der Waals surface area contributed by atoms with Gasteiger partial charge in [0.25, 0.3) is 0 Å². The Morgan fingerprint density at radius 1 is 1.20 bits per heavy atom. The third-order valence-corrected chi connectivity index (χ3v) is 5.79. The zero-order valence-corrected chi connectivity index (χ0v) is 17.4. The van der Waals surface area contributed by atoms with E-state index in [2.05, 4.69) is 0 Å². The van der Waals surface area contributed by atoms with Crippen LogP contribution in [0.1, 0.15) is 36.5 Å². The molecule has 1 aliphatic rings. The van der Waals surface area contributed by atoms with Crippen molar-refractivity contribution < 1.29 is 27.4 Å². The summed E-state index contributed by atoms with van der Waals surface area (Å²) >= 11 is 5.79. The van der Waals surface area contributed by atoms with Crippen LogP contribution in [0.5, 0.6) is 0 Å². The van der Waals surface area contributed by atoms with Crippen LogP contribution in [0, 0.1) is 0 Å². The monoisotopic (exact) mass is 438 g/mol. The molecule has 0 saturated carbocycles. The lowest BCUT2D eigenvalue weighted by atomic mass is 9.68. The average molecular weight is 439 g/mol. The Balaban J connectivity index is 1.94. The lowest BCUT2D eigenvalue weighted by Gasteiger charge is -2.38. The van der Waals surface area contributed by atoms with E-state index in [4.69, 9.17) is 21.1 Å². The third kappa shape index (κ3) is 4.71. The van der Waals surface area contributed by atoms with Crippen LogP contribution in [-0.2, 0) is 32.5 Å². The highest BCUT2D eigenvalue weighted by atomic mass is 35.5. The van der Waals surface area contributed by atoms with Crippen LogP contribution in [0.15, 0.2) is 60.2 Å². The van der Waals surface area contributed by atoms with Crippen molar-refractivity contribution in [1.29, 1.82) is 0 Å². The second-order valence-electron chi connectivity index (χ2n) is 7.49. The Kier molecular flexibility index (Phi) is 6.58. The predicted molar refractivity (Wildman–Crippen MR) is 108 cm³/mol. The zero-order valence-electron chi connectivity index (χ0n) is 16.6. The van der Waals surface area contributed by atoms with E-state index >= 15 is 0 Å². The molecule has 0 bridgehead atoms. The van der Waals surface area contributed by atoms with Crippen LogP contribution in [0.25, 0.3) is 0 Å². The summed E-state index contributed by atoms with van der Waals surface area (Å²) < 4.78 is 51.2. The Morgan fingerprint density at radius 3 is 2.53 bits per heavy atom. The van der Waals surface area contributed by atoms with Crippen LogP contribution in [-0.4, -0.2) is 19.2 Å². The standard InChI is InChI=1S/C23H22ClF3O3/c1-22(16-8-11-20(24)19(12-16)23(25,26)27)13-17(9-10-18(22)21(28)29-2)30-14-15-6-4-3-5-7-15/h3-8,10-12,17H,9,13-14H2,1-2H3. The van der Waals surface area contributed by atoms with E-state index in [-0.39, 0.29) is 11.1 Å². The second kappa shape index (κ2) is 8.82. The smallest absolute Gasteiger partial charge is 0.417 e. The van der Waals surface area contributed by atoms with Crippen molar-refractivity contribution in [3.63, 3.8) is 0 Å². The Morgan fingerprint density at radius 2 is 1.90 bits per heavy atom. The first kappa shape index (κ1) is 22.4. The van der Waals surface area contributed by atoms with Crippen molar-refractivity contribution in [3.8, 4) is 0 Å². The maximum Gasteiger partial charge on any atom is 0.417 e. The number of carbonyl (C=O) groups is 1. The minimum atomic E-state index is -4.60. The molecule has 3 nitrogen and oxygen atoms in total. The summed E-state index contributed by atoms with van der Waals surface area (Å²) in [6.07, 6.45) is -2.37. The number of methoxy groups -OCH3 is 1. The molecular weight excluding hydrogens is 417 g/mol. The van der Waals surface area contributed by atoms with Crippen molar-refractivity contribution in [2.75, 3.05) is 7.11 Å². The molecule has 2 atom stereocenters. The number of benzene rings is 2. The van der Waals surface area contributed by atoms with Gasteiger partial charge in [0.05, 0.1) is 30.4 Å². The molecule has 2 aromatic rings. The molecule has 2 aromatic carbocycles. The van der Waals surface area contributed by atoms with Gasteiger partial charge in [-0.05, 0) is 36.1 Å². The van der Waals surface area contributed by atoms with E-state index in [1.807, 2.05) is 30.3 Å². The lowest BCUT2D eigenvalue weighted by molar-refractivity contribution is -0.137. The second-order valence-corrected chi connectivity index (χ2v) is 7.90. The fraction of sp³-hybridized carbons (Fsp3) is 0.348. The molecule has 0 aliphatic heterocycles. The number of hydrogen-bond donors (Lipinski definition) is 0. The number of halogens is 4. The highest BCUT2D eigenvalue weighted by Crippen LogP contribution is 2.45. The van der Waals surface area contributed by atoms with E-state index in [0.717, 1.165) is 11.6 Å². The molecule has 0 N–H and O–H groups in total. The van der Waals surface area contributed by atoms with E-state index in [1.54, 1.807) is 13.0 Å². The summed E-state index contributed by atoms with van der Waals surface area (Å²) in [6, 6.07) is 13.3. The molecule has 0 heterocycles. The van der Waals surface area contributed by atoms with Crippen molar-refractivity contribution in [1.82, 2.24) is 0 Å². The molecule has 0 saturated heterocycles. The summed E-state index contributed by atoms with van der Waals surface area (Å²) in [6.45, 7) is 2.11. The van der Waals surface area contributed by atoms with Crippen molar-refractivity contribution >= 4 is 17.6 Å². The summed E-state index contributed by atoms with van der Waals surface area (Å²) in [4.78, 5) is 12.4. The van der Waals surface area contributed by atoms with Gasteiger partial charge in [0, 0.05) is 11.0 Å². The van der Waals surface area contributed by atoms with Crippen molar-refractivity contribution in [3.05, 3.63) is 81.9 Å². The maximum absolute atomic E-state index is 13.4. The van der Waals surface area contributed by atoms with Gasteiger partial charge in [-0.25, -0.2) is 4.79 Å². The van der Waals surface area contributed by atoms with Gasteiger partial charge in [-0.1, -0.05) is 61.0 Å². The average Bonchev–Trinajstić information content (AvgIpc) is 2.72. The maximum atomic E-state index is 13.4. The van der Waals surface area contributed by atoms with Crippen LogP contribution in [0.4, 0.5) is 13.2 Å². The van der Waals surface area contributed by atoms with Crippen LogP contribution >= 0.6 is 11.6 Å². The lowest BCUT2D eigenvalue weighted by Crippen LogP contribution is -2.38. The molecule has 7 heteroatoms. The van der Waals surface area contributed by atoms with E-state index in [0.29, 0.717) is 30.6 Å². The molecule has 30 heavy (non-hydrogen) atoms. The quantitative estimate of drug-likeness (QED) is 0.529. The molecule has 160 valence electrons. The third-order valence-electron chi connectivity index (χ3n) is 5.46. The van der Waals surface area contributed by atoms with Gasteiger partial charge < -0.3 is 9.47 Å². The van der Waals surface area contributed by atoms with Gasteiger partial charge in [0.15, 0.2) is 0 Å². The molecule has 0 fully saturated rings. The number of alkyl halides is 3. The van der Waals surface area contributed by atoms with Crippen LogP contribution in [0.3, 0.4) is 0 Å². The molecule has 0 spiro atoms. The van der Waals surface area contributed by atoms with E-state index in [9.17, 15) is 18.0 Å².